The van der Waals surface area contributed by atoms with Crippen molar-refractivity contribution in [3.63, 3.8) is 0 Å². The zero-order valence-corrected chi connectivity index (χ0v) is 19.3. The Morgan fingerprint density at radius 3 is 2.69 bits per heavy atom. The molecule has 1 aliphatic heterocycles. The van der Waals surface area contributed by atoms with Gasteiger partial charge in [-0.25, -0.2) is 14.2 Å². The maximum atomic E-state index is 13.9. The van der Waals surface area contributed by atoms with E-state index in [1.54, 1.807) is 37.3 Å². The molecular formula is C25H18ClFN2O6. The van der Waals surface area contributed by atoms with Crippen molar-refractivity contribution in [2.24, 2.45) is 4.99 Å². The van der Waals surface area contributed by atoms with Gasteiger partial charge in [-0.3, -0.25) is 10.1 Å². The smallest absolute Gasteiger partial charge is 0.363 e. The van der Waals surface area contributed by atoms with Crippen LogP contribution in [-0.2, 0) is 16.1 Å². The molecule has 1 heterocycles. The minimum atomic E-state index is -0.721. The molecule has 0 N–H and O–H groups in total. The van der Waals surface area contributed by atoms with Crippen LogP contribution in [0.5, 0.6) is 11.5 Å². The van der Waals surface area contributed by atoms with Crippen LogP contribution in [0, 0.1) is 22.9 Å². The first kappa shape index (κ1) is 23.9. The van der Waals surface area contributed by atoms with E-state index in [4.69, 9.17) is 25.8 Å². The normalized spacial score (nSPS) is 14.0. The fourth-order valence-electron chi connectivity index (χ4n) is 3.46. The predicted molar refractivity (Wildman–Crippen MR) is 127 cm³/mol. The van der Waals surface area contributed by atoms with Gasteiger partial charge in [-0.15, -0.1) is 0 Å². The van der Waals surface area contributed by atoms with Crippen LogP contribution in [0.15, 0.2) is 65.3 Å². The highest BCUT2D eigenvalue weighted by Gasteiger charge is 2.27. The fourth-order valence-corrected chi connectivity index (χ4v) is 3.74. The third kappa shape index (κ3) is 4.99. The van der Waals surface area contributed by atoms with E-state index in [9.17, 15) is 19.3 Å². The number of hydrogen-bond acceptors (Lipinski definition) is 7. The summed E-state index contributed by atoms with van der Waals surface area (Å²) in [5, 5.41) is 11.4. The number of nitrogens with zero attached hydrogens (tertiary/aromatic N) is 2. The summed E-state index contributed by atoms with van der Waals surface area (Å²) in [4.78, 5) is 27.3. The molecule has 0 aromatic heterocycles. The lowest BCUT2D eigenvalue weighted by Crippen LogP contribution is -2.08. The number of methoxy groups -OCH3 is 1. The van der Waals surface area contributed by atoms with Gasteiger partial charge in [-0.1, -0.05) is 35.9 Å². The molecule has 3 aromatic carbocycles. The Hall–Kier alpha value is -4.24. The summed E-state index contributed by atoms with van der Waals surface area (Å²) in [6.45, 7) is 1.49. The summed E-state index contributed by atoms with van der Waals surface area (Å²) in [7, 11) is 1.42. The highest BCUT2D eigenvalue weighted by atomic mass is 35.5. The molecule has 178 valence electrons. The molecular weight excluding hydrogens is 479 g/mol. The van der Waals surface area contributed by atoms with E-state index in [2.05, 4.69) is 4.99 Å². The molecule has 8 nitrogen and oxygen atoms in total. The molecule has 4 rings (SSSR count). The number of benzene rings is 3. The minimum absolute atomic E-state index is 0.0240. The van der Waals surface area contributed by atoms with Gasteiger partial charge in [0.05, 0.1) is 17.1 Å². The molecule has 0 radical (unpaired) electrons. The van der Waals surface area contributed by atoms with Gasteiger partial charge in [0, 0.05) is 22.8 Å². The van der Waals surface area contributed by atoms with Crippen molar-refractivity contribution in [3.05, 3.63) is 104 Å². The average molecular weight is 497 g/mol. The van der Waals surface area contributed by atoms with Gasteiger partial charge in [0.2, 0.25) is 5.90 Å². The van der Waals surface area contributed by atoms with E-state index in [0.29, 0.717) is 22.3 Å². The zero-order valence-electron chi connectivity index (χ0n) is 18.6. The predicted octanol–water partition coefficient (Wildman–Crippen LogP) is 5.63. The van der Waals surface area contributed by atoms with Gasteiger partial charge in [0.15, 0.2) is 17.2 Å². The molecule has 10 heteroatoms. The molecule has 35 heavy (non-hydrogen) atoms. The van der Waals surface area contributed by atoms with Crippen LogP contribution in [0.25, 0.3) is 6.08 Å². The minimum Gasteiger partial charge on any atom is -0.493 e. The van der Waals surface area contributed by atoms with E-state index in [0.717, 1.165) is 0 Å². The average Bonchev–Trinajstić information content (AvgIpc) is 3.18. The van der Waals surface area contributed by atoms with Crippen molar-refractivity contribution in [2.45, 2.75) is 13.5 Å². The monoisotopic (exact) mass is 496 g/mol. The van der Waals surface area contributed by atoms with Crippen LogP contribution in [0.4, 0.5) is 10.1 Å². The van der Waals surface area contributed by atoms with Crippen LogP contribution in [0.2, 0.25) is 5.02 Å². The van der Waals surface area contributed by atoms with E-state index in [1.165, 1.54) is 37.5 Å². The Kier molecular flexibility index (Phi) is 6.79. The molecule has 0 bridgehead atoms. The number of ether oxygens (including phenoxy) is 3. The quantitative estimate of drug-likeness (QED) is 0.182. The number of esters is 1. The number of nitro benzene ring substituents is 1. The summed E-state index contributed by atoms with van der Waals surface area (Å²) in [6, 6.07) is 13.7. The number of hydrogen-bond donors (Lipinski definition) is 0. The lowest BCUT2D eigenvalue weighted by molar-refractivity contribution is -0.385. The van der Waals surface area contributed by atoms with E-state index in [1.807, 2.05) is 0 Å². The Morgan fingerprint density at radius 1 is 1.20 bits per heavy atom. The number of carbonyl (C=O) groups excluding carboxylic acids is 1. The Labute approximate surface area is 204 Å². The van der Waals surface area contributed by atoms with Crippen LogP contribution in [0.3, 0.4) is 0 Å². The van der Waals surface area contributed by atoms with E-state index in [-0.39, 0.29) is 40.4 Å². The van der Waals surface area contributed by atoms with Crippen LogP contribution in [-0.4, -0.2) is 23.9 Å². The maximum absolute atomic E-state index is 13.9. The molecule has 1 aliphatic rings. The maximum Gasteiger partial charge on any atom is 0.363 e. The number of halogens is 2. The van der Waals surface area contributed by atoms with Gasteiger partial charge < -0.3 is 14.2 Å². The molecule has 0 fully saturated rings. The Morgan fingerprint density at radius 2 is 1.97 bits per heavy atom. The molecule has 0 atom stereocenters. The molecule has 0 aliphatic carbocycles. The Bertz CT molecular complexity index is 1400. The lowest BCUT2D eigenvalue weighted by atomic mass is 10.1. The first-order valence-corrected chi connectivity index (χ1v) is 10.7. The third-order valence-electron chi connectivity index (χ3n) is 5.24. The van der Waals surface area contributed by atoms with Crippen molar-refractivity contribution < 1.29 is 28.3 Å². The summed E-state index contributed by atoms with van der Waals surface area (Å²) in [5.41, 5.74) is 1.35. The summed E-state index contributed by atoms with van der Waals surface area (Å²) >= 11 is 6.39. The standard InChI is InChI=1S/C25H18ClFN2O6/c1-14-17(7-5-9-21(14)29(31)32)24-28-20(25(30)35-24)11-15-10-18(26)23(22(12-15)33-2)34-13-16-6-3-4-8-19(16)27/h3-12H,13H2,1-2H3/b20-11-. The first-order valence-electron chi connectivity index (χ1n) is 10.3. The second-order valence-electron chi connectivity index (χ2n) is 7.46. The topological polar surface area (TPSA) is 100 Å². The SMILES string of the molecule is COc1cc(/C=C2\N=C(c3cccc([N+](=O)[O-])c3C)OC2=O)cc(Cl)c1OCc1ccccc1F. The molecule has 0 amide bonds. The van der Waals surface area contributed by atoms with Gasteiger partial charge in [0.1, 0.15) is 12.4 Å². The Balaban J connectivity index is 1.63. The number of nitro groups is 1. The summed E-state index contributed by atoms with van der Waals surface area (Å²) in [6.07, 6.45) is 1.44. The number of rotatable bonds is 7. The van der Waals surface area contributed by atoms with Crippen LogP contribution < -0.4 is 9.47 Å². The van der Waals surface area contributed by atoms with Gasteiger partial charge in [0.25, 0.3) is 5.69 Å². The van der Waals surface area contributed by atoms with Crippen LogP contribution in [0.1, 0.15) is 22.3 Å². The van der Waals surface area contributed by atoms with Gasteiger partial charge >= 0.3 is 5.97 Å². The molecule has 3 aromatic rings. The molecule has 0 saturated heterocycles. The van der Waals surface area contributed by atoms with Crippen molar-refractivity contribution in [1.82, 2.24) is 0 Å². The summed E-state index contributed by atoms with van der Waals surface area (Å²) in [5.74, 6) is -0.682. The van der Waals surface area contributed by atoms with Gasteiger partial charge in [-0.2, -0.15) is 0 Å². The molecule has 0 saturated carbocycles. The highest BCUT2D eigenvalue weighted by molar-refractivity contribution is 6.32. The van der Waals surface area contributed by atoms with Crippen molar-refractivity contribution >= 4 is 35.2 Å². The molecule has 0 unspecified atom stereocenters. The fraction of sp³-hybridized carbons (Fsp3) is 0.120. The third-order valence-corrected chi connectivity index (χ3v) is 5.52. The van der Waals surface area contributed by atoms with Crippen molar-refractivity contribution in [2.75, 3.05) is 7.11 Å². The second-order valence-corrected chi connectivity index (χ2v) is 7.86. The second kappa shape index (κ2) is 9.94. The first-order chi connectivity index (χ1) is 16.8. The van der Waals surface area contributed by atoms with E-state index >= 15 is 0 Å². The largest absolute Gasteiger partial charge is 0.493 e. The van der Waals surface area contributed by atoms with Crippen LogP contribution >= 0.6 is 11.6 Å². The summed E-state index contributed by atoms with van der Waals surface area (Å²) < 4.78 is 30.2. The number of cyclic esters (lactones) is 1. The molecule has 0 spiro atoms. The van der Waals surface area contributed by atoms with Gasteiger partial charge in [-0.05, 0) is 42.8 Å². The van der Waals surface area contributed by atoms with Crippen molar-refractivity contribution in [3.8, 4) is 11.5 Å². The zero-order chi connectivity index (χ0) is 25.1. The number of aliphatic imine (C=N–C) groups is 1. The van der Waals surface area contributed by atoms with E-state index < -0.39 is 16.7 Å². The van der Waals surface area contributed by atoms with Crippen molar-refractivity contribution in [1.29, 1.82) is 0 Å². The highest BCUT2D eigenvalue weighted by Crippen LogP contribution is 2.38. The lowest BCUT2D eigenvalue weighted by Gasteiger charge is -2.13. The number of carbonyl (C=O) groups is 1.